The molecular weight excluding hydrogens is 353 g/mol. The number of rotatable bonds is 5. The fourth-order valence-electron chi connectivity index (χ4n) is 2.79. The summed E-state index contributed by atoms with van der Waals surface area (Å²) >= 11 is 1.32. The van der Waals surface area contributed by atoms with Crippen molar-refractivity contribution in [3.63, 3.8) is 0 Å². The van der Waals surface area contributed by atoms with Crippen molar-refractivity contribution < 1.29 is 18.7 Å². The number of carbonyl (C=O) groups excluding carboxylic acids is 2. The number of benzene rings is 2. The van der Waals surface area contributed by atoms with Gasteiger partial charge in [-0.1, -0.05) is 38.1 Å². The maximum Gasteiger partial charge on any atom is 0.272 e. The number of halogens is 1. The van der Waals surface area contributed by atoms with E-state index in [4.69, 9.17) is 4.74 Å². The molecule has 1 heterocycles. The van der Waals surface area contributed by atoms with Gasteiger partial charge in [-0.25, -0.2) is 9.29 Å². The largest absolute Gasteiger partial charge is 0.496 e. The van der Waals surface area contributed by atoms with E-state index < -0.39 is 17.6 Å². The Morgan fingerprint density at radius 1 is 1.04 bits per heavy atom. The number of carbonyl (C=O) groups is 2. The van der Waals surface area contributed by atoms with Gasteiger partial charge in [0, 0.05) is 10.8 Å². The quantitative estimate of drug-likeness (QED) is 0.737. The lowest BCUT2D eigenvalue weighted by molar-refractivity contribution is -0.119. The molecule has 0 N–H and O–H groups in total. The summed E-state index contributed by atoms with van der Waals surface area (Å²) in [6.45, 7) is 3.89. The third kappa shape index (κ3) is 3.24. The first-order valence-corrected chi connectivity index (χ1v) is 9.00. The predicted octanol–water partition coefficient (Wildman–Crippen LogP) is 4.26. The minimum Gasteiger partial charge on any atom is -0.496 e. The van der Waals surface area contributed by atoms with Crippen molar-refractivity contribution in [2.75, 3.05) is 12.0 Å². The van der Waals surface area contributed by atoms with Crippen LogP contribution in [0.15, 0.2) is 53.4 Å². The molecule has 0 spiro atoms. The molecule has 2 aromatic rings. The Bertz CT molecular complexity index is 907. The number of para-hydroxylation sites is 1. The molecule has 0 aromatic heterocycles. The van der Waals surface area contributed by atoms with Crippen LogP contribution in [-0.2, 0) is 9.59 Å². The summed E-state index contributed by atoms with van der Waals surface area (Å²) in [5.74, 6) is -0.924. The normalized spacial score (nSPS) is 14.6. The van der Waals surface area contributed by atoms with Crippen LogP contribution >= 0.6 is 11.8 Å². The average molecular weight is 371 g/mol. The number of nitrogens with zero attached hydrogens (tertiary/aromatic N) is 1. The molecule has 134 valence electrons. The zero-order valence-electron chi connectivity index (χ0n) is 14.7. The van der Waals surface area contributed by atoms with Crippen LogP contribution in [0.4, 0.5) is 10.1 Å². The monoisotopic (exact) mass is 371 g/mol. The maximum atomic E-state index is 13.6. The number of thioether (sulfide) groups is 1. The summed E-state index contributed by atoms with van der Waals surface area (Å²) in [5, 5.41) is 0.0962. The van der Waals surface area contributed by atoms with E-state index in [-0.39, 0.29) is 16.5 Å². The summed E-state index contributed by atoms with van der Waals surface area (Å²) in [6, 6.07) is 12.5. The standard InChI is InChI=1S/C20H18FNO3S/c1-12(2)26-18-17(15-9-4-5-10-16(15)25-3)19(23)22(20(18)24)14-8-6-7-13(21)11-14/h4-12H,1-3H3. The van der Waals surface area contributed by atoms with Gasteiger partial charge in [0.15, 0.2) is 0 Å². The Hall–Kier alpha value is -2.60. The fourth-order valence-corrected chi connectivity index (χ4v) is 3.77. The van der Waals surface area contributed by atoms with Crippen LogP contribution in [0.25, 0.3) is 5.57 Å². The SMILES string of the molecule is COc1ccccc1C1=C(SC(C)C)C(=O)N(c2cccc(F)c2)C1=O. The first-order chi connectivity index (χ1) is 12.4. The Balaban J connectivity index is 2.16. The van der Waals surface area contributed by atoms with E-state index in [2.05, 4.69) is 0 Å². The highest BCUT2D eigenvalue weighted by Gasteiger charge is 2.41. The molecule has 26 heavy (non-hydrogen) atoms. The second kappa shape index (κ2) is 7.33. The fraction of sp³-hybridized carbons (Fsp3) is 0.200. The Labute approximate surface area is 155 Å². The van der Waals surface area contributed by atoms with Crippen LogP contribution in [0.5, 0.6) is 5.75 Å². The van der Waals surface area contributed by atoms with Gasteiger partial charge in [0.2, 0.25) is 0 Å². The first kappa shape index (κ1) is 18.2. The zero-order chi connectivity index (χ0) is 18.8. The van der Waals surface area contributed by atoms with Gasteiger partial charge in [-0.15, -0.1) is 11.8 Å². The third-order valence-electron chi connectivity index (χ3n) is 3.84. The third-order valence-corrected chi connectivity index (χ3v) is 4.92. The molecule has 1 aliphatic heterocycles. The summed E-state index contributed by atoms with van der Waals surface area (Å²) in [7, 11) is 1.51. The molecule has 6 heteroatoms. The lowest BCUT2D eigenvalue weighted by Crippen LogP contribution is -2.31. The minimum absolute atomic E-state index is 0.0962. The Morgan fingerprint density at radius 3 is 2.42 bits per heavy atom. The molecule has 0 atom stereocenters. The van der Waals surface area contributed by atoms with Crippen molar-refractivity contribution >= 4 is 34.8 Å². The van der Waals surface area contributed by atoms with E-state index in [9.17, 15) is 14.0 Å². The number of methoxy groups -OCH3 is 1. The van der Waals surface area contributed by atoms with E-state index in [1.54, 1.807) is 30.3 Å². The van der Waals surface area contributed by atoms with Crippen LogP contribution in [0.3, 0.4) is 0 Å². The topological polar surface area (TPSA) is 46.6 Å². The molecular formula is C20H18FNO3S. The van der Waals surface area contributed by atoms with Gasteiger partial charge in [-0.05, 0) is 24.3 Å². The average Bonchev–Trinajstić information content (AvgIpc) is 2.84. The highest BCUT2D eigenvalue weighted by molar-refractivity contribution is 8.04. The molecule has 0 aliphatic carbocycles. The van der Waals surface area contributed by atoms with E-state index in [1.807, 2.05) is 13.8 Å². The molecule has 0 unspecified atom stereocenters. The van der Waals surface area contributed by atoms with Gasteiger partial charge in [0.1, 0.15) is 11.6 Å². The maximum absolute atomic E-state index is 13.6. The second-order valence-electron chi connectivity index (χ2n) is 6.00. The van der Waals surface area contributed by atoms with Crippen LogP contribution in [-0.4, -0.2) is 24.2 Å². The van der Waals surface area contributed by atoms with E-state index >= 15 is 0 Å². The lowest BCUT2D eigenvalue weighted by Gasteiger charge is -2.15. The van der Waals surface area contributed by atoms with Crippen molar-refractivity contribution in [1.29, 1.82) is 0 Å². The molecule has 0 saturated carbocycles. The van der Waals surface area contributed by atoms with Crippen molar-refractivity contribution in [3.05, 3.63) is 64.8 Å². The molecule has 0 fully saturated rings. The minimum atomic E-state index is -0.507. The Morgan fingerprint density at radius 2 is 1.77 bits per heavy atom. The molecule has 2 aromatic carbocycles. The van der Waals surface area contributed by atoms with Crippen molar-refractivity contribution in [2.45, 2.75) is 19.1 Å². The number of anilines is 1. The molecule has 0 saturated heterocycles. The molecule has 4 nitrogen and oxygen atoms in total. The number of hydrogen-bond donors (Lipinski definition) is 0. The molecule has 3 rings (SSSR count). The van der Waals surface area contributed by atoms with Crippen molar-refractivity contribution in [1.82, 2.24) is 0 Å². The lowest BCUT2D eigenvalue weighted by atomic mass is 10.0. The van der Waals surface area contributed by atoms with Crippen molar-refractivity contribution in [3.8, 4) is 5.75 Å². The van der Waals surface area contributed by atoms with E-state index in [1.165, 1.54) is 37.1 Å². The van der Waals surface area contributed by atoms with Crippen LogP contribution in [0.1, 0.15) is 19.4 Å². The van der Waals surface area contributed by atoms with Crippen LogP contribution < -0.4 is 9.64 Å². The predicted molar refractivity (Wildman–Crippen MR) is 102 cm³/mol. The van der Waals surface area contributed by atoms with Gasteiger partial charge >= 0.3 is 0 Å². The highest BCUT2D eigenvalue weighted by atomic mass is 32.2. The summed E-state index contributed by atoms with van der Waals surface area (Å²) < 4.78 is 19.0. The van der Waals surface area contributed by atoms with Gasteiger partial charge in [-0.3, -0.25) is 9.59 Å². The van der Waals surface area contributed by atoms with Gasteiger partial charge in [0.05, 0.1) is 23.3 Å². The first-order valence-electron chi connectivity index (χ1n) is 8.12. The van der Waals surface area contributed by atoms with Crippen molar-refractivity contribution in [2.24, 2.45) is 0 Å². The number of ether oxygens (including phenoxy) is 1. The summed E-state index contributed by atoms with van der Waals surface area (Å²) in [5.41, 5.74) is 1.05. The van der Waals surface area contributed by atoms with Gasteiger partial charge in [0.25, 0.3) is 11.8 Å². The summed E-state index contributed by atoms with van der Waals surface area (Å²) in [6.07, 6.45) is 0. The van der Waals surface area contributed by atoms with E-state index in [0.29, 0.717) is 16.2 Å². The second-order valence-corrected chi connectivity index (χ2v) is 7.58. The molecule has 0 bridgehead atoms. The van der Waals surface area contributed by atoms with Crippen LogP contribution in [0.2, 0.25) is 0 Å². The Kier molecular flexibility index (Phi) is 5.13. The molecule has 1 aliphatic rings. The van der Waals surface area contributed by atoms with Crippen LogP contribution in [0, 0.1) is 5.82 Å². The number of imide groups is 1. The molecule has 0 radical (unpaired) electrons. The highest BCUT2D eigenvalue weighted by Crippen LogP contribution is 2.42. The van der Waals surface area contributed by atoms with Gasteiger partial charge in [-0.2, -0.15) is 0 Å². The van der Waals surface area contributed by atoms with E-state index in [0.717, 1.165) is 4.90 Å². The molecule has 2 amide bonds. The smallest absolute Gasteiger partial charge is 0.272 e. The summed E-state index contributed by atoms with van der Waals surface area (Å²) in [4.78, 5) is 27.5. The number of hydrogen-bond acceptors (Lipinski definition) is 4. The zero-order valence-corrected chi connectivity index (χ0v) is 15.5. The van der Waals surface area contributed by atoms with Gasteiger partial charge < -0.3 is 4.74 Å². The number of amides is 2.